The fourth-order valence-electron chi connectivity index (χ4n) is 1.40. The van der Waals surface area contributed by atoms with Crippen LogP contribution >= 0.6 is 11.6 Å². The quantitative estimate of drug-likeness (QED) is 0.609. The average molecular weight is 228 g/mol. The van der Waals surface area contributed by atoms with Crippen molar-refractivity contribution in [2.75, 3.05) is 18.4 Å². The number of nitro groups is 1. The molecule has 1 aliphatic heterocycles. The third kappa shape index (κ3) is 2.03. The first-order chi connectivity index (χ1) is 7.18. The highest BCUT2D eigenvalue weighted by molar-refractivity contribution is 6.33. The van der Waals surface area contributed by atoms with Crippen molar-refractivity contribution in [1.29, 1.82) is 0 Å². The molecule has 1 aliphatic rings. The lowest BCUT2D eigenvalue weighted by Crippen LogP contribution is -2.51. The van der Waals surface area contributed by atoms with E-state index >= 15 is 0 Å². The number of nitrogens with one attached hydrogen (secondary N) is 2. The van der Waals surface area contributed by atoms with Gasteiger partial charge >= 0.3 is 0 Å². The van der Waals surface area contributed by atoms with Crippen LogP contribution in [0.4, 0.5) is 11.4 Å². The summed E-state index contributed by atoms with van der Waals surface area (Å²) in [6.45, 7) is 1.62. The molecule has 0 radical (unpaired) electrons. The van der Waals surface area contributed by atoms with Crippen molar-refractivity contribution in [3.63, 3.8) is 0 Å². The number of nitrogens with zero attached hydrogens (tertiary/aromatic N) is 1. The van der Waals surface area contributed by atoms with Crippen LogP contribution in [0.2, 0.25) is 5.02 Å². The van der Waals surface area contributed by atoms with Gasteiger partial charge in [-0.2, -0.15) is 0 Å². The van der Waals surface area contributed by atoms with Gasteiger partial charge in [0.1, 0.15) is 5.69 Å². The molecule has 1 heterocycles. The lowest BCUT2D eigenvalue weighted by molar-refractivity contribution is -0.384. The lowest BCUT2D eigenvalue weighted by atomic mass is 10.1. The Morgan fingerprint density at radius 3 is 2.80 bits per heavy atom. The molecule has 0 unspecified atom stereocenters. The standard InChI is InChI=1S/C9H10ClN3O2/c10-7-2-1-3-8(13(14)15)9(7)12-6-4-11-5-6/h1-3,6,11-12H,4-5H2. The van der Waals surface area contributed by atoms with Crippen molar-refractivity contribution in [2.24, 2.45) is 0 Å². The van der Waals surface area contributed by atoms with Crippen LogP contribution in [-0.2, 0) is 0 Å². The summed E-state index contributed by atoms with van der Waals surface area (Å²) in [5.41, 5.74) is 0.435. The Labute approximate surface area is 91.6 Å². The van der Waals surface area contributed by atoms with Crippen LogP contribution in [0.15, 0.2) is 18.2 Å². The topological polar surface area (TPSA) is 67.2 Å². The predicted octanol–water partition coefficient (Wildman–Crippen LogP) is 1.63. The van der Waals surface area contributed by atoms with Crippen molar-refractivity contribution < 1.29 is 4.92 Å². The Balaban J connectivity index is 2.29. The van der Waals surface area contributed by atoms with E-state index in [0.717, 1.165) is 13.1 Å². The molecular weight excluding hydrogens is 218 g/mol. The molecule has 0 aliphatic carbocycles. The third-order valence-electron chi connectivity index (χ3n) is 2.32. The highest BCUT2D eigenvalue weighted by atomic mass is 35.5. The van der Waals surface area contributed by atoms with Gasteiger partial charge in [-0.05, 0) is 6.07 Å². The summed E-state index contributed by atoms with van der Waals surface area (Å²) in [4.78, 5) is 10.3. The van der Waals surface area contributed by atoms with E-state index in [1.807, 2.05) is 0 Å². The SMILES string of the molecule is O=[N+]([O-])c1cccc(Cl)c1NC1CNC1. The van der Waals surface area contributed by atoms with Crippen LogP contribution in [0.25, 0.3) is 0 Å². The molecule has 0 atom stereocenters. The summed E-state index contributed by atoms with van der Waals surface area (Å²) >= 11 is 5.91. The molecule has 1 aromatic rings. The van der Waals surface area contributed by atoms with E-state index in [0.29, 0.717) is 10.7 Å². The Bertz CT molecular complexity index is 393. The summed E-state index contributed by atoms with van der Waals surface area (Å²) in [5, 5.41) is 17.3. The van der Waals surface area contributed by atoms with Gasteiger partial charge in [-0.3, -0.25) is 10.1 Å². The first-order valence-electron chi connectivity index (χ1n) is 4.58. The van der Waals surface area contributed by atoms with Gasteiger partial charge in [0, 0.05) is 19.2 Å². The van der Waals surface area contributed by atoms with Crippen LogP contribution < -0.4 is 10.6 Å². The zero-order valence-corrected chi connectivity index (χ0v) is 8.62. The summed E-state index contributed by atoms with van der Waals surface area (Å²) in [6.07, 6.45) is 0. The van der Waals surface area contributed by atoms with E-state index < -0.39 is 4.92 Å². The van der Waals surface area contributed by atoms with E-state index in [2.05, 4.69) is 10.6 Å². The summed E-state index contributed by atoms with van der Waals surface area (Å²) in [5.74, 6) is 0. The van der Waals surface area contributed by atoms with E-state index in [9.17, 15) is 10.1 Å². The number of para-hydroxylation sites is 1. The minimum atomic E-state index is -0.430. The van der Waals surface area contributed by atoms with Gasteiger partial charge in [0.2, 0.25) is 0 Å². The molecule has 80 valence electrons. The minimum Gasteiger partial charge on any atom is -0.373 e. The van der Waals surface area contributed by atoms with Gasteiger partial charge in [0.05, 0.1) is 16.0 Å². The molecule has 15 heavy (non-hydrogen) atoms. The molecule has 0 saturated carbocycles. The van der Waals surface area contributed by atoms with Gasteiger partial charge in [0.25, 0.3) is 5.69 Å². The van der Waals surface area contributed by atoms with Crippen LogP contribution in [0.5, 0.6) is 0 Å². The second-order valence-electron chi connectivity index (χ2n) is 3.39. The van der Waals surface area contributed by atoms with Crippen LogP contribution in [0.1, 0.15) is 0 Å². The maximum absolute atomic E-state index is 10.8. The van der Waals surface area contributed by atoms with E-state index in [1.165, 1.54) is 6.07 Å². The average Bonchev–Trinajstić information content (AvgIpc) is 2.12. The second-order valence-corrected chi connectivity index (χ2v) is 3.80. The zero-order chi connectivity index (χ0) is 10.8. The normalized spacial score (nSPS) is 15.8. The van der Waals surface area contributed by atoms with E-state index in [4.69, 9.17) is 11.6 Å². The Hall–Kier alpha value is -1.33. The van der Waals surface area contributed by atoms with E-state index in [-0.39, 0.29) is 11.7 Å². The summed E-state index contributed by atoms with van der Waals surface area (Å²) in [7, 11) is 0. The lowest BCUT2D eigenvalue weighted by Gasteiger charge is -2.29. The predicted molar refractivity (Wildman–Crippen MR) is 58.4 cm³/mol. The molecule has 1 aromatic carbocycles. The molecule has 2 N–H and O–H groups in total. The number of anilines is 1. The largest absolute Gasteiger partial charge is 0.373 e. The maximum Gasteiger partial charge on any atom is 0.293 e. The number of hydrogen-bond donors (Lipinski definition) is 2. The fraction of sp³-hybridized carbons (Fsp3) is 0.333. The molecule has 0 bridgehead atoms. The number of nitro benzene ring substituents is 1. The molecule has 2 rings (SSSR count). The number of rotatable bonds is 3. The molecule has 0 amide bonds. The van der Waals surface area contributed by atoms with Gasteiger partial charge < -0.3 is 10.6 Å². The van der Waals surface area contributed by atoms with Gasteiger partial charge in [-0.15, -0.1) is 0 Å². The molecule has 6 heteroatoms. The Kier molecular flexibility index (Phi) is 2.75. The summed E-state index contributed by atoms with van der Waals surface area (Å²) in [6, 6.07) is 4.89. The molecule has 0 spiro atoms. The monoisotopic (exact) mass is 227 g/mol. The first-order valence-corrected chi connectivity index (χ1v) is 4.96. The molecule has 5 nitrogen and oxygen atoms in total. The highest BCUT2D eigenvalue weighted by Gasteiger charge is 2.22. The van der Waals surface area contributed by atoms with Crippen molar-refractivity contribution in [3.05, 3.63) is 33.3 Å². The zero-order valence-electron chi connectivity index (χ0n) is 7.87. The van der Waals surface area contributed by atoms with Gasteiger partial charge in [0.15, 0.2) is 0 Å². The molecule has 0 aromatic heterocycles. The number of benzene rings is 1. The van der Waals surface area contributed by atoms with Crippen LogP contribution in [0, 0.1) is 10.1 Å². The molecule has 1 saturated heterocycles. The van der Waals surface area contributed by atoms with Crippen molar-refractivity contribution in [1.82, 2.24) is 5.32 Å². The minimum absolute atomic E-state index is 0.0226. The molecular formula is C9H10ClN3O2. The van der Waals surface area contributed by atoms with Crippen molar-refractivity contribution in [3.8, 4) is 0 Å². The smallest absolute Gasteiger partial charge is 0.293 e. The maximum atomic E-state index is 10.8. The van der Waals surface area contributed by atoms with Crippen LogP contribution in [0.3, 0.4) is 0 Å². The van der Waals surface area contributed by atoms with Gasteiger partial charge in [-0.1, -0.05) is 17.7 Å². The van der Waals surface area contributed by atoms with E-state index in [1.54, 1.807) is 12.1 Å². The Morgan fingerprint density at radius 2 is 2.27 bits per heavy atom. The number of halogens is 1. The Morgan fingerprint density at radius 1 is 1.53 bits per heavy atom. The molecule has 1 fully saturated rings. The van der Waals surface area contributed by atoms with Gasteiger partial charge in [-0.25, -0.2) is 0 Å². The summed E-state index contributed by atoms with van der Waals surface area (Å²) < 4.78 is 0. The van der Waals surface area contributed by atoms with Crippen molar-refractivity contribution in [2.45, 2.75) is 6.04 Å². The fourth-order valence-corrected chi connectivity index (χ4v) is 1.63. The number of hydrogen-bond acceptors (Lipinski definition) is 4. The second kappa shape index (κ2) is 4.04. The first kappa shape index (κ1) is 10.2. The highest BCUT2D eigenvalue weighted by Crippen LogP contribution is 2.32. The third-order valence-corrected chi connectivity index (χ3v) is 2.63. The van der Waals surface area contributed by atoms with Crippen molar-refractivity contribution >= 4 is 23.0 Å². The van der Waals surface area contributed by atoms with Crippen LogP contribution in [-0.4, -0.2) is 24.1 Å².